The molecule has 2 aromatic rings. The number of nitrogens with zero attached hydrogens (tertiary/aromatic N) is 2. The summed E-state index contributed by atoms with van der Waals surface area (Å²) in [6.07, 6.45) is 0. The molecule has 2 aromatic carbocycles. The van der Waals surface area contributed by atoms with Crippen LogP contribution in [0.2, 0.25) is 5.02 Å². The maximum Gasteiger partial charge on any atom is 0.387 e. The van der Waals surface area contributed by atoms with Crippen molar-refractivity contribution in [2.75, 3.05) is 36.4 Å². The van der Waals surface area contributed by atoms with Crippen molar-refractivity contribution in [2.45, 2.75) is 6.61 Å². The van der Waals surface area contributed by atoms with Crippen LogP contribution in [-0.2, 0) is 0 Å². The van der Waals surface area contributed by atoms with Crippen molar-refractivity contribution in [3.8, 4) is 5.75 Å². The largest absolute Gasteiger partial charge is 0.433 e. The summed E-state index contributed by atoms with van der Waals surface area (Å²) in [6.45, 7) is -0.618. The van der Waals surface area contributed by atoms with Gasteiger partial charge in [0.25, 0.3) is 0 Å². The van der Waals surface area contributed by atoms with Crippen molar-refractivity contribution in [1.82, 2.24) is 4.90 Å². The first-order valence-corrected chi connectivity index (χ1v) is 8.51. The van der Waals surface area contributed by atoms with E-state index in [2.05, 4.69) is 15.0 Å². The molecule has 1 aliphatic rings. The molecule has 8 heteroatoms. The fraction of sp³-hybridized carbons (Fsp3) is 0.278. The zero-order valence-electron chi connectivity index (χ0n) is 13.9. The molecule has 3 rings (SSSR count). The zero-order chi connectivity index (χ0) is 18.5. The Morgan fingerprint density at radius 2 is 1.81 bits per heavy atom. The molecular weight excluding hydrogens is 364 g/mol. The van der Waals surface area contributed by atoms with Crippen LogP contribution >= 0.6 is 11.6 Å². The number of rotatable bonds is 4. The monoisotopic (exact) mass is 381 g/mol. The highest BCUT2D eigenvalue weighted by molar-refractivity contribution is 6.30. The molecule has 26 heavy (non-hydrogen) atoms. The van der Waals surface area contributed by atoms with Gasteiger partial charge in [-0.15, -0.1) is 0 Å². The molecule has 1 N–H and O–H groups in total. The lowest BCUT2D eigenvalue weighted by molar-refractivity contribution is -0.0493. The molecule has 1 fully saturated rings. The SMILES string of the molecule is O=C(Nc1ccccc1OC(F)F)N1CCN(c2cccc(Cl)c2)CC1. The Bertz CT molecular complexity index is 768. The standard InChI is InChI=1S/C18H18ClF2N3O2/c19-13-4-3-5-14(12-13)23-8-10-24(11-9-23)18(25)22-15-6-1-2-7-16(15)26-17(20)21/h1-7,12,17H,8-11H2,(H,22,25). The van der Waals surface area contributed by atoms with Gasteiger partial charge in [-0.3, -0.25) is 0 Å². The summed E-state index contributed by atoms with van der Waals surface area (Å²) in [5.41, 5.74) is 1.23. The number of amides is 2. The van der Waals surface area contributed by atoms with E-state index in [1.54, 1.807) is 17.0 Å². The number of para-hydroxylation sites is 2. The lowest BCUT2D eigenvalue weighted by Gasteiger charge is -2.36. The summed E-state index contributed by atoms with van der Waals surface area (Å²) < 4.78 is 29.4. The molecule has 0 radical (unpaired) electrons. The molecule has 0 bridgehead atoms. The number of hydrogen-bond acceptors (Lipinski definition) is 3. The normalized spacial score (nSPS) is 14.5. The number of alkyl halides is 2. The highest BCUT2D eigenvalue weighted by Gasteiger charge is 2.22. The van der Waals surface area contributed by atoms with Gasteiger partial charge < -0.3 is 19.9 Å². The van der Waals surface area contributed by atoms with E-state index in [4.69, 9.17) is 11.6 Å². The number of carbonyl (C=O) groups is 1. The van der Waals surface area contributed by atoms with Gasteiger partial charge in [-0.2, -0.15) is 8.78 Å². The van der Waals surface area contributed by atoms with Crippen molar-refractivity contribution in [3.05, 3.63) is 53.6 Å². The molecule has 0 unspecified atom stereocenters. The molecular formula is C18H18ClF2N3O2. The Morgan fingerprint density at radius 1 is 1.08 bits per heavy atom. The molecule has 1 saturated heterocycles. The van der Waals surface area contributed by atoms with Crippen molar-refractivity contribution in [2.24, 2.45) is 0 Å². The zero-order valence-corrected chi connectivity index (χ0v) is 14.6. The summed E-state index contributed by atoms with van der Waals surface area (Å²) in [7, 11) is 0. The minimum absolute atomic E-state index is 0.0617. The maximum absolute atomic E-state index is 12.5. The maximum atomic E-state index is 12.5. The summed E-state index contributed by atoms with van der Waals surface area (Å²) in [6, 6.07) is 13.3. The first-order chi connectivity index (χ1) is 12.5. The summed E-state index contributed by atoms with van der Waals surface area (Å²) in [5, 5.41) is 3.30. The lowest BCUT2D eigenvalue weighted by Crippen LogP contribution is -2.50. The first-order valence-electron chi connectivity index (χ1n) is 8.13. The van der Waals surface area contributed by atoms with E-state index in [0.29, 0.717) is 31.2 Å². The van der Waals surface area contributed by atoms with Gasteiger partial charge in [0, 0.05) is 36.9 Å². The number of carbonyl (C=O) groups excluding carboxylic acids is 1. The van der Waals surface area contributed by atoms with Crippen molar-refractivity contribution < 1.29 is 18.3 Å². The number of piperazine rings is 1. The number of anilines is 2. The molecule has 1 aliphatic heterocycles. The molecule has 1 heterocycles. The van der Waals surface area contributed by atoms with Crippen LogP contribution in [0.25, 0.3) is 0 Å². The van der Waals surface area contributed by atoms with E-state index in [1.165, 1.54) is 12.1 Å². The molecule has 2 amide bonds. The summed E-state index contributed by atoms with van der Waals surface area (Å²) >= 11 is 6.02. The lowest BCUT2D eigenvalue weighted by atomic mass is 10.2. The topological polar surface area (TPSA) is 44.8 Å². The molecule has 5 nitrogen and oxygen atoms in total. The van der Waals surface area contributed by atoms with Gasteiger partial charge in [0.1, 0.15) is 5.75 Å². The minimum atomic E-state index is -2.95. The van der Waals surface area contributed by atoms with E-state index in [0.717, 1.165) is 5.69 Å². The van der Waals surface area contributed by atoms with Gasteiger partial charge in [0.15, 0.2) is 0 Å². The smallest absolute Gasteiger partial charge is 0.387 e. The average Bonchev–Trinajstić information content (AvgIpc) is 2.63. The van der Waals surface area contributed by atoms with Gasteiger partial charge >= 0.3 is 12.6 Å². The predicted octanol–water partition coefficient (Wildman–Crippen LogP) is 4.30. The number of halogens is 3. The molecule has 0 aromatic heterocycles. The summed E-state index contributed by atoms with van der Waals surface area (Å²) in [4.78, 5) is 16.2. The van der Waals surface area contributed by atoms with E-state index in [-0.39, 0.29) is 17.5 Å². The third-order valence-electron chi connectivity index (χ3n) is 4.08. The molecule has 0 spiro atoms. The second-order valence-corrected chi connectivity index (χ2v) is 6.20. The van der Waals surface area contributed by atoms with Gasteiger partial charge in [-0.1, -0.05) is 29.8 Å². The predicted molar refractivity (Wildman–Crippen MR) is 97.3 cm³/mol. The number of urea groups is 1. The number of benzene rings is 2. The second kappa shape index (κ2) is 8.23. The Labute approximate surface area is 155 Å². The van der Waals surface area contributed by atoms with Gasteiger partial charge in [0.2, 0.25) is 0 Å². The van der Waals surface area contributed by atoms with Crippen LogP contribution in [0, 0.1) is 0 Å². The number of ether oxygens (including phenoxy) is 1. The molecule has 0 atom stereocenters. The number of nitrogens with one attached hydrogen (secondary N) is 1. The highest BCUT2D eigenvalue weighted by Crippen LogP contribution is 2.26. The fourth-order valence-corrected chi connectivity index (χ4v) is 2.99. The Hall–Kier alpha value is -2.54. The Balaban J connectivity index is 1.59. The number of hydrogen-bond donors (Lipinski definition) is 1. The van der Waals surface area contributed by atoms with Gasteiger partial charge in [-0.25, -0.2) is 4.79 Å². The Morgan fingerprint density at radius 3 is 2.50 bits per heavy atom. The molecule has 138 valence electrons. The first kappa shape index (κ1) is 18.3. The van der Waals surface area contributed by atoms with Crippen LogP contribution in [0.3, 0.4) is 0 Å². The molecule has 0 aliphatic carbocycles. The second-order valence-electron chi connectivity index (χ2n) is 5.76. The van der Waals surface area contributed by atoms with Crippen LogP contribution < -0.4 is 15.0 Å². The highest BCUT2D eigenvalue weighted by atomic mass is 35.5. The van der Waals surface area contributed by atoms with E-state index < -0.39 is 6.61 Å². The van der Waals surface area contributed by atoms with Crippen molar-refractivity contribution in [3.63, 3.8) is 0 Å². The fourth-order valence-electron chi connectivity index (χ4n) is 2.80. The molecule has 0 saturated carbocycles. The van der Waals surface area contributed by atoms with Crippen molar-refractivity contribution >= 4 is 29.0 Å². The average molecular weight is 382 g/mol. The third kappa shape index (κ3) is 4.54. The Kier molecular flexibility index (Phi) is 5.78. The van der Waals surface area contributed by atoms with Crippen LogP contribution in [0.1, 0.15) is 0 Å². The van der Waals surface area contributed by atoms with E-state index in [1.807, 2.05) is 24.3 Å². The van der Waals surface area contributed by atoms with Crippen LogP contribution in [-0.4, -0.2) is 43.7 Å². The van der Waals surface area contributed by atoms with Gasteiger partial charge in [-0.05, 0) is 30.3 Å². The quantitative estimate of drug-likeness (QED) is 0.859. The summed E-state index contributed by atoms with van der Waals surface area (Å²) in [5.74, 6) is -0.0617. The third-order valence-corrected chi connectivity index (χ3v) is 4.32. The van der Waals surface area contributed by atoms with E-state index >= 15 is 0 Å². The van der Waals surface area contributed by atoms with Crippen LogP contribution in [0.4, 0.5) is 25.0 Å². The minimum Gasteiger partial charge on any atom is -0.433 e. The van der Waals surface area contributed by atoms with Gasteiger partial charge in [0.05, 0.1) is 5.69 Å². The van der Waals surface area contributed by atoms with E-state index in [9.17, 15) is 13.6 Å². The van der Waals surface area contributed by atoms with Crippen LogP contribution in [0.5, 0.6) is 5.75 Å². The van der Waals surface area contributed by atoms with Crippen LogP contribution in [0.15, 0.2) is 48.5 Å². The van der Waals surface area contributed by atoms with Crippen molar-refractivity contribution in [1.29, 1.82) is 0 Å².